The first-order valence-corrected chi connectivity index (χ1v) is 5.57. The van der Waals surface area contributed by atoms with Crippen LogP contribution in [0.25, 0.3) is 0 Å². The van der Waals surface area contributed by atoms with E-state index in [4.69, 9.17) is 4.74 Å². The van der Waals surface area contributed by atoms with Crippen LogP contribution < -0.4 is 4.74 Å². The normalized spacial score (nSPS) is 9.33. The zero-order valence-corrected chi connectivity index (χ0v) is 10.3. The summed E-state index contributed by atoms with van der Waals surface area (Å²) in [7, 11) is 1.69. The number of rotatable bonds is 2. The lowest BCUT2D eigenvalue weighted by Crippen LogP contribution is -1.91. The Kier molecular flexibility index (Phi) is 4.58. The monoisotopic (exact) mass is 220 g/mol. The molecule has 1 aromatic carbocycles. The van der Waals surface area contributed by atoms with Crippen LogP contribution in [0.2, 0.25) is 0 Å². The van der Waals surface area contributed by atoms with E-state index >= 15 is 0 Å². The third-order valence-corrected chi connectivity index (χ3v) is 2.43. The van der Waals surface area contributed by atoms with E-state index in [1.807, 2.05) is 19.9 Å². The lowest BCUT2D eigenvalue weighted by atomic mass is 10.0. The highest BCUT2D eigenvalue weighted by Crippen LogP contribution is 2.21. The van der Waals surface area contributed by atoms with Crippen molar-refractivity contribution in [2.75, 3.05) is 12.9 Å². The van der Waals surface area contributed by atoms with Crippen molar-refractivity contribution in [1.29, 1.82) is 0 Å². The number of hydrogen-bond donors (Lipinski definition) is 1. The van der Waals surface area contributed by atoms with Gasteiger partial charge in [-0.2, -0.15) is 12.6 Å². The van der Waals surface area contributed by atoms with E-state index in [1.165, 1.54) is 0 Å². The van der Waals surface area contributed by atoms with Gasteiger partial charge in [0.15, 0.2) is 0 Å². The van der Waals surface area contributed by atoms with Crippen molar-refractivity contribution < 1.29 is 4.74 Å². The standard InChI is InChI=1S/C13H16OS/c1-10-9-13(14-3)11(2)8-12(10)6-4-5-7-15/h8-9,15H,5,7H2,1-3H3. The molecule has 1 nitrogen and oxygen atoms in total. The first-order valence-electron chi connectivity index (χ1n) is 4.94. The molecule has 0 aliphatic carbocycles. The minimum atomic E-state index is 0.807. The highest BCUT2D eigenvalue weighted by atomic mass is 32.1. The van der Waals surface area contributed by atoms with E-state index in [-0.39, 0.29) is 0 Å². The van der Waals surface area contributed by atoms with Crippen LogP contribution in [0.4, 0.5) is 0 Å². The lowest BCUT2D eigenvalue weighted by molar-refractivity contribution is 0.411. The molecule has 1 aromatic rings. The zero-order valence-electron chi connectivity index (χ0n) is 9.42. The summed E-state index contributed by atoms with van der Waals surface area (Å²) in [5.74, 6) is 7.97. The predicted octanol–water partition coefficient (Wildman–Crippen LogP) is 2.98. The third kappa shape index (κ3) is 3.21. The fourth-order valence-electron chi connectivity index (χ4n) is 1.36. The van der Waals surface area contributed by atoms with Gasteiger partial charge >= 0.3 is 0 Å². The van der Waals surface area contributed by atoms with E-state index < -0.39 is 0 Å². The Bertz CT molecular complexity index is 399. The molecule has 0 heterocycles. The molecule has 0 amide bonds. The van der Waals surface area contributed by atoms with Gasteiger partial charge in [0.05, 0.1) is 7.11 Å². The van der Waals surface area contributed by atoms with Gasteiger partial charge in [-0.15, -0.1) is 0 Å². The number of benzene rings is 1. The van der Waals surface area contributed by atoms with Gasteiger partial charge in [-0.3, -0.25) is 0 Å². The quantitative estimate of drug-likeness (QED) is 0.595. The Morgan fingerprint density at radius 1 is 1.27 bits per heavy atom. The number of ether oxygens (including phenoxy) is 1. The molecule has 0 aliphatic rings. The summed E-state index contributed by atoms with van der Waals surface area (Å²) >= 11 is 4.12. The van der Waals surface area contributed by atoms with Gasteiger partial charge < -0.3 is 4.74 Å². The summed E-state index contributed by atoms with van der Waals surface area (Å²) in [6.07, 6.45) is 0.827. The summed E-state index contributed by atoms with van der Waals surface area (Å²) in [6, 6.07) is 4.10. The molecule has 0 N–H and O–H groups in total. The Labute approximate surface area is 97.3 Å². The Hall–Kier alpha value is -1.07. The molecule has 0 spiro atoms. The molecular weight excluding hydrogens is 204 g/mol. The molecule has 0 saturated heterocycles. The number of thiol groups is 1. The maximum absolute atomic E-state index is 5.25. The first-order chi connectivity index (χ1) is 7.19. The SMILES string of the molecule is COc1cc(C)c(C#CCCS)cc1C. The van der Waals surface area contributed by atoms with Crippen molar-refractivity contribution in [3.05, 3.63) is 28.8 Å². The molecule has 80 valence electrons. The highest BCUT2D eigenvalue weighted by Gasteiger charge is 2.02. The summed E-state index contributed by atoms with van der Waals surface area (Å²) in [6.45, 7) is 4.08. The van der Waals surface area contributed by atoms with Gasteiger partial charge in [-0.25, -0.2) is 0 Å². The van der Waals surface area contributed by atoms with E-state index in [1.54, 1.807) is 7.11 Å². The summed E-state index contributed by atoms with van der Waals surface area (Å²) < 4.78 is 5.25. The molecule has 15 heavy (non-hydrogen) atoms. The van der Waals surface area contributed by atoms with Gasteiger partial charge in [0, 0.05) is 17.7 Å². The topological polar surface area (TPSA) is 9.23 Å². The average Bonchev–Trinajstić information content (AvgIpc) is 2.23. The molecule has 0 aromatic heterocycles. The molecular formula is C13H16OS. The molecule has 0 bridgehead atoms. The van der Waals surface area contributed by atoms with Crippen molar-refractivity contribution in [3.63, 3.8) is 0 Å². The van der Waals surface area contributed by atoms with Crippen LogP contribution in [0, 0.1) is 25.7 Å². The molecule has 2 heteroatoms. The van der Waals surface area contributed by atoms with Crippen LogP contribution in [0.3, 0.4) is 0 Å². The second-order valence-electron chi connectivity index (χ2n) is 3.41. The minimum absolute atomic E-state index is 0.807. The van der Waals surface area contributed by atoms with Gasteiger partial charge in [0.25, 0.3) is 0 Å². The van der Waals surface area contributed by atoms with Crippen LogP contribution in [0.1, 0.15) is 23.1 Å². The maximum Gasteiger partial charge on any atom is 0.122 e. The number of hydrogen-bond acceptors (Lipinski definition) is 2. The molecule has 0 radical (unpaired) electrons. The Morgan fingerprint density at radius 3 is 2.60 bits per heavy atom. The highest BCUT2D eigenvalue weighted by molar-refractivity contribution is 7.80. The maximum atomic E-state index is 5.25. The van der Waals surface area contributed by atoms with Crippen molar-refractivity contribution >= 4 is 12.6 Å². The van der Waals surface area contributed by atoms with Crippen LogP contribution in [0.5, 0.6) is 5.75 Å². The second kappa shape index (κ2) is 5.72. The average molecular weight is 220 g/mol. The summed E-state index contributed by atoms with van der Waals surface area (Å²) in [5.41, 5.74) is 3.36. The van der Waals surface area contributed by atoms with Crippen LogP contribution in [-0.4, -0.2) is 12.9 Å². The second-order valence-corrected chi connectivity index (χ2v) is 3.86. The van der Waals surface area contributed by atoms with Crippen molar-refractivity contribution in [2.45, 2.75) is 20.3 Å². The van der Waals surface area contributed by atoms with E-state index in [0.717, 1.165) is 34.6 Å². The minimum Gasteiger partial charge on any atom is -0.496 e. The van der Waals surface area contributed by atoms with Crippen molar-refractivity contribution in [2.24, 2.45) is 0 Å². The molecule has 0 atom stereocenters. The number of aryl methyl sites for hydroxylation is 2. The third-order valence-electron chi connectivity index (χ3n) is 2.20. The van der Waals surface area contributed by atoms with E-state index in [9.17, 15) is 0 Å². The summed E-state index contributed by atoms with van der Waals surface area (Å²) in [5, 5.41) is 0. The largest absolute Gasteiger partial charge is 0.496 e. The fraction of sp³-hybridized carbons (Fsp3) is 0.385. The van der Waals surface area contributed by atoms with Crippen LogP contribution in [-0.2, 0) is 0 Å². The molecule has 0 fully saturated rings. The summed E-state index contributed by atoms with van der Waals surface area (Å²) in [4.78, 5) is 0. The Balaban J connectivity index is 3.01. The molecule has 1 rings (SSSR count). The predicted molar refractivity (Wildman–Crippen MR) is 67.8 cm³/mol. The van der Waals surface area contributed by atoms with Crippen molar-refractivity contribution in [3.8, 4) is 17.6 Å². The molecule has 0 saturated carbocycles. The lowest BCUT2D eigenvalue weighted by Gasteiger charge is -2.07. The van der Waals surface area contributed by atoms with Gasteiger partial charge in [0.1, 0.15) is 5.75 Å². The van der Waals surface area contributed by atoms with Crippen LogP contribution in [0.15, 0.2) is 12.1 Å². The molecule has 0 aliphatic heterocycles. The molecule has 0 unspecified atom stereocenters. The zero-order chi connectivity index (χ0) is 11.3. The smallest absolute Gasteiger partial charge is 0.122 e. The van der Waals surface area contributed by atoms with Crippen LogP contribution >= 0.6 is 12.6 Å². The van der Waals surface area contributed by atoms with Gasteiger partial charge in [-0.05, 0) is 37.1 Å². The van der Waals surface area contributed by atoms with E-state index in [0.29, 0.717) is 0 Å². The fourth-order valence-corrected chi connectivity index (χ4v) is 1.47. The van der Waals surface area contributed by atoms with E-state index in [2.05, 4.69) is 30.5 Å². The van der Waals surface area contributed by atoms with Gasteiger partial charge in [0.2, 0.25) is 0 Å². The Morgan fingerprint density at radius 2 is 2.00 bits per heavy atom. The van der Waals surface area contributed by atoms with Gasteiger partial charge in [-0.1, -0.05) is 11.8 Å². The number of methoxy groups -OCH3 is 1. The van der Waals surface area contributed by atoms with Crippen molar-refractivity contribution in [1.82, 2.24) is 0 Å². The first kappa shape index (κ1) is 12.0.